The number of ether oxygens (including phenoxy) is 3. The van der Waals surface area contributed by atoms with Gasteiger partial charge in [-0.2, -0.15) is 9.57 Å². The van der Waals surface area contributed by atoms with E-state index >= 15 is 4.79 Å². The monoisotopic (exact) mass is 702 g/mol. The van der Waals surface area contributed by atoms with E-state index in [1.54, 1.807) is 24.0 Å². The van der Waals surface area contributed by atoms with E-state index in [0.29, 0.717) is 23.1 Å². The lowest BCUT2D eigenvalue weighted by Gasteiger charge is -2.47. The molecule has 3 aliphatic rings. The number of carbonyl (C=O) groups is 2. The molecule has 50 heavy (non-hydrogen) atoms. The lowest BCUT2D eigenvalue weighted by Crippen LogP contribution is -2.59. The molecule has 4 heterocycles. The zero-order valence-electron chi connectivity index (χ0n) is 28.8. The van der Waals surface area contributed by atoms with E-state index in [4.69, 9.17) is 14.2 Å². The van der Waals surface area contributed by atoms with Crippen molar-refractivity contribution < 1.29 is 32.2 Å². The number of fused-ring (bicyclic) bond motifs is 1. The van der Waals surface area contributed by atoms with Gasteiger partial charge in [0.2, 0.25) is 5.88 Å². The summed E-state index contributed by atoms with van der Waals surface area (Å²) in [5, 5.41) is 12.9. The van der Waals surface area contributed by atoms with Crippen molar-refractivity contribution in [2.24, 2.45) is 5.41 Å². The molecule has 1 N–H and O–H groups in total. The molecule has 6 rings (SSSR count). The van der Waals surface area contributed by atoms with E-state index in [2.05, 4.69) is 28.2 Å². The molecule has 14 heteroatoms. The minimum Gasteiger partial charge on any atom is -0.497 e. The molecule has 2 aromatic carbocycles. The summed E-state index contributed by atoms with van der Waals surface area (Å²) in [6.07, 6.45) is 5.27. The number of sulfonamides is 1. The molecular weight excluding hydrogens is 660 g/mol. The van der Waals surface area contributed by atoms with Gasteiger partial charge in [0.15, 0.2) is 5.54 Å². The van der Waals surface area contributed by atoms with Crippen LogP contribution in [-0.2, 0) is 20.4 Å². The summed E-state index contributed by atoms with van der Waals surface area (Å²) < 4.78 is 46.5. The lowest BCUT2D eigenvalue weighted by molar-refractivity contribution is -0.121. The van der Waals surface area contributed by atoms with Crippen molar-refractivity contribution in [3.63, 3.8) is 0 Å². The summed E-state index contributed by atoms with van der Waals surface area (Å²) in [4.78, 5) is 37.8. The first-order chi connectivity index (χ1) is 24.1. The largest absolute Gasteiger partial charge is 0.497 e. The van der Waals surface area contributed by atoms with Crippen LogP contribution < -0.4 is 23.8 Å². The third-order valence-corrected chi connectivity index (χ3v) is 12.1. The number of benzene rings is 2. The van der Waals surface area contributed by atoms with Gasteiger partial charge in [-0.1, -0.05) is 6.92 Å². The van der Waals surface area contributed by atoms with Gasteiger partial charge in [0, 0.05) is 30.9 Å². The molecule has 0 radical (unpaired) electrons. The zero-order chi connectivity index (χ0) is 35.7. The molecule has 2 saturated heterocycles. The standard InChI is InChI=1S/C36H42N6O7S/c1-5-40-18-13-35(14-19-40)15-20-41(21-16-35)34(44)39-36(27-8-7-17-38-32(27)49-6-2)28-22-25(24-37)9-11-29(28)42(33(36)43)50(45,46)31-12-10-26(47-3)23-30(31)48-4/h7-12,17,22-23H,5-6,13-16,18-21H2,1-4H3,(H,39,44). The number of methoxy groups -OCH3 is 2. The Morgan fingerprint density at radius 3 is 2.34 bits per heavy atom. The highest BCUT2D eigenvalue weighted by atomic mass is 32.2. The molecule has 0 aliphatic carbocycles. The number of urea groups is 1. The normalized spacial score (nSPS) is 20.3. The van der Waals surface area contributed by atoms with Crippen molar-refractivity contribution >= 4 is 27.6 Å². The van der Waals surface area contributed by atoms with Gasteiger partial charge in [0.05, 0.1) is 43.7 Å². The van der Waals surface area contributed by atoms with Crippen LogP contribution in [0.15, 0.2) is 59.6 Å². The van der Waals surface area contributed by atoms with E-state index in [0.717, 1.165) is 45.3 Å². The molecule has 3 aromatic rings. The predicted octanol–water partition coefficient (Wildman–Crippen LogP) is 4.26. The molecule has 1 aromatic heterocycles. The number of hydrogen-bond donors (Lipinski definition) is 1. The SMILES string of the molecule is CCOc1ncccc1C1(NC(=O)N2CCC3(CCN(CC)CC3)CC2)C(=O)N(S(=O)(=O)c2ccc(OC)cc2OC)c2ccc(C#N)cc21. The van der Waals surface area contributed by atoms with Crippen LogP contribution >= 0.6 is 0 Å². The number of pyridine rings is 1. The maximum atomic E-state index is 15.2. The second kappa shape index (κ2) is 13.8. The van der Waals surface area contributed by atoms with Gasteiger partial charge in [-0.25, -0.2) is 18.2 Å². The van der Waals surface area contributed by atoms with Crippen molar-refractivity contribution in [2.75, 3.05) is 57.9 Å². The van der Waals surface area contributed by atoms with Crippen LogP contribution in [0.5, 0.6) is 17.4 Å². The van der Waals surface area contributed by atoms with E-state index in [9.17, 15) is 18.5 Å². The maximum absolute atomic E-state index is 15.2. The van der Waals surface area contributed by atoms with Crippen LogP contribution in [0.2, 0.25) is 0 Å². The van der Waals surface area contributed by atoms with Gasteiger partial charge in [-0.3, -0.25) is 4.79 Å². The van der Waals surface area contributed by atoms with Crippen molar-refractivity contribution in [3.8, 4) is 23.4 Å². The first-order valence-electron chi connectivity index (χ1n) is 16.8. The topological polar surface area (TPSA) is 154 Å². The summed E-state index contributed by atoms with van der Waals surface area (Å²) in [6, 6.07) is 13.1. The lowest BCUT2D eigenvalue weighted by atomic mass is 9.71. The molecule has 3 aliphatic heterocycles. The Balaban J connectivity index is 1.47. The highest BCUT2D eigenvalue weighted by molar-refractivity contribution is 7.93. The number of nitriles is 1. The van der Waals surface area contributed by atoms with Gasteiger partial charge < -0.3 is 29.3 Å². The van der Waals surface area contributed by atoms with Crippen LogP contribution in [0.25, 0.3) is 0 Å². The number of rotatable bonds is 9. The Bertz CT molecular complexity index is 1930. The summed E-state index contributed by atoms with van der Waals surface area (Å²) in [6.45, 7) is 8.14. The van der Waals surface area contributed by atoms with Gasteiger partial charge in [0.25, 0.3) is 15.9 Å². The fourth-order valence-electron chi connectivity index (χ4n) is 7.43. The fraction of sp³-hybridized carbons (Fsp3) is 0.444. The molecule has 1 spiro atoms. The van der Waals surface area contributed by atoms with Crippen molar-refractivity contribution in [1.82, 2.24) is 20.1 Å². The number of likely N-dealkylation sites (tertiary alicyclic amines) is 2. The molecule has 1 atom stereocenters. The third-order valence-electron chi connectivity index (χ3n) is 10.4. The average Bonchev–Trinajstić information content (AvgIpc) is 3.39. The van der Waals surface area contributed by atoms with Crippen LogP contribution in [-0.4, -0.2) is 88.7 Å². The third kappa shape index (κ3) is 5.88. The molecule has 3 amide bonds. The van der Waals surface area contributed by atoms with E-state index in [-0.39, 0.29) is 50.9 Å². The van der Waals surface area contributed by atoms with Crippen molar-refractivity contribution in [2.45, 2.75) is 50.0 Å². The average molecular weight is 703 g/mol. The Labute approximate surface area is 292 Å². The highest BCUT2D eigenvalue weighted by Crippen LogP contribution is 2.50. The summed E-state index contributed by atoms with van der Waals surface area (Å²) in [5.74, 6) is -0.635. The Morgan fingerprint density at radius 2 is 1.70 bits per heavy atom. The first-order valence-corrected chi connectivity index (χ1v) is 18.3. The maximum Gasteiger partial charge on any atom is 0.318 e. The van der Waals surface area contributed by atoms with Gasteiger partial charge in [0.1, 0.15) is 16.4 Å². The molecule has 264 valence electrons. The Kier molecular flexibility index (Phi) is 9.65. The predicted molar refractivity (Wildman–Crippen MR) is 185 cm³/mol. The van der Waals surface area contributed by atoms with E-state index < -0.39 is 27.5 Å². The van der Waals surface area contributed by atoms with Crippen LogP contribution in [0, 0.1) is 16.7 Å². The number of amides is 3. The number of carbonyl (C=O) groups excluding carboxylic acids is 2. The summed E-state index contributed by atoms with van der Waals surface area (Å²) in [5.41, 5.74) is -1.61. The van der Waals surface area contributed by atoms with Gasteiger partial charge >= 0.3 is 6.03 Å². The van der Waals surface area contributed by atoms with Crippen LogP contribution in [0.3, 0.4) is 0 Å². The quantitative estimate of drug-likeness (QED) is 0.342. The number of anilines is 1. The second-order valence-corrected chi connectivity index (χ2v) is 14.6. The smallest absolute Gasteiger partial charge is 0.318 e. The van der Waals surface area contributed by atoms with Gasteiger partial charge in [-0.05, 0) is 100 Å². The summed E-state index contributed by atoms with van der Waals surface area (Å²) in [7, 11) is -1.93. The van der Waals surface area contributed by atoms with Crippen LogP contribution in [0.1, 0.15) is 56.2 Å². The minimum absolute atomic E-state index is 0.0289. The van der Waals surface area contributed by atoms with E-state index in [1.807, 2.05) is 0 Å². The van der Waals surface area contributed by atoms with E-state index in [1.165, 1.54) is 56.8 Å². The van der Waals surface area contributed by atoms with Crippen molar-refractivity contribution in [1.29, 1.82) is 5.26 Å². The zero-order valence-corrected chi connectivity index (χ0v) is 29.6. The molecular formula is C36H42N6O7S. The molecule has 0 bridgehead atoms. The minimum atomic E-state index is -4.69. The van der Waals surface area contributed by atoms with Crippen molar-refractivity contribution in [3.05, 3.63) is 71.4 Å². The number of nitrogens with zero attached hydrogens (tertiary/aromatic N) is 5. The molecule has 13 nitrogen and oxygen atoms in total. The summed E-state index contributed by atoms with van der Waals surface area (Å²) >= 11 is 0. The Hall–Kier alpha value is -4.87. The second-order valence-electron chi connectivity index (χ2n) is 12.8. The number of nitrogens with one attached hydrogen (secondary N) is 1. The first kappa shape index (κ1) is 35.0. The molecule has 0 saturated carbocycles. The molecule has 1 unspecified atom stereocenters. The number of piperidine rings is 2. The Morgan fingerprint density at radius 1 is 0.980 bits per heavy atom. The molecule has 2 fully saturated rings. The highest BCUT2D eigenvalue weighted by Gasteiger charge is 2.59. The number of hydrogen-bond acceptors (Lipinski definition) is 10. The van der Waals surface area contributed by atoms with Crippen LogP contribution in [0.4, 0.5) is 10.5 Å². The fourth-order valence-corrected chi connectivity index (χ4v) is 9.04. The van der Waals surface area contributed by atoms with Gasteiger partial charge in [-0.15, -0.1) is 0 Å². The number of aromatic nitrogens is 1.